The fourth-order valence-electron chi connectivity index (χ4n) is 3.53. The van der Waals surface area contributed by atoms with Crippen molar-refractivity contribution in [2.45, 2.75) is 24.7 Å². The predicted molar refractivity (Wildman–Crippen MR) is 115 cm³/mol. The summed E-state index contributed by atoms with van der Waals surface area (Å²) in [5, 5.41) is 2.86. The molecule has 1 amide bonds. The van der Waals surface area contributed by atoms with Gasteiger partial charge in [-0.2, -0.15) is 4.99 Å². The van der Waals surface area contributed by atoms with Gasteiger partial charge in [0.15, 0.2) is 0 Å². The first-order valence-electron chi connectivity index (χ1n) is 9.59. The highest BCUT2D eigenvalue weighted by Crippen LogP contribution is 2.44. The Labute approximate surface area is 173 Å². The lowest BCUT2D eigenvalue weighted by Crippen LogP contribution is -2.47. The molecule has 1 aliphatic rings. The number of amides is 1. The monoisotopic (exact) mass is 402 g/mol. The van der Waals surface area contributed by atoms with Crippen LogP contribution in [0, 0.1) is 0 Å². The molecular formula is C21H22N8O. The largest absolute Gasteiger partial charge is 0.386 e. The number of hydrogen-bond acceptors (Lipinski definition) is 7. The zero-order chi connectivity index (χ0) is 21.1. The van der Waals surface area contributed by atoms with Crippen LogP contribution in [0.2, 0.25) is 0 Å². The minimum absolute atomic E-state index is 0.158. The van der Waals surface area contributed by atoms with Crippen molar-refractivity contribution < 1.29 is 4.79 Å². The van der Waals surface area contributed by atoms with E-state index in [2.05, 4.69) is 30.2 Å². The summed E-state index contributed by atoms with van der Waals surface area (Å²) in [7, 11) is 1.73. The number of benzene rings is 1. The summed E-state index contributed by atoms with van der Waals surface area (Å²) in [6.07, 6.45) is 8.94. The van der Waals surface area contributed by atoms with E-state index < -0.39 is 11.3 Å². The Hall–Kier alpha value is -3.88. The number of nitrogens with two attached hydrogens (primary N) is 2. The number of nitrogens with one attached hydrogen (secondary N) is 1. The van der Waals surface area contributed by atoms with Crippen molar-refractivity contribution in [3.63, 3.8) is 0 Å². The third-order valence-corrected chi connectivity index (χ3v) is 5.49. The lowest BCUT2D eigenvalue weighted by Gasteiger charge is -2.41. The van der Waals surface area contributed by atoms with Crippen LogP contribution >= 0.6 is 0 Å². The quantitative estimate of drug-likeness (QED) is 0.435. The van der Waals surface area contributed by atoms with Crippen molar-refractivity contribution in [3.8, 4) is 11.1 Å². The minimum atomic E-state index is -0.496. The lowest BCUT2D eigenvalue weighted by atomic mass is 9.63. The summed E-state index contributed by atoms with van der Waals surface area (Å²) in [4.78, 5) is 32.9. The van der Waals surface area contributed by atoms with Crippen LogP contribution in [0.4, 0.5) is 11.8 Å². The van der Waals surface area contributed by atoms with Gasteiger partial charge in [-0.3, -0.25) is 4.79 Å². The summed E-state index contributed by atoms with van der Waals surface area (Å²) in [5.41, 5.74) is 14.5. The molecule has 2 aromatic heterocycles. The molecule has 9 heteroatoms. The number of nitrogen functional groups attached to an aromatic ring is 1. The molecule has 0 spiro atoms. The van der Waals surface area contributed by atoms with Gasteiger partial charge in [0.2, 0.25) is 5.95 Å². The van der Waals surface area contributed by atoms with Crippen molar-refractivity contribution >= 4 is 23.5 Å². The van der Waals surface area contributed by atoms with Crippen molar-refractivity contribution in [3.05, 3.63) is 60.3 Å². The Morgan fingerprint density at radius 2 is 1.70 bits per heavy atom. The number of aliphatic imine (C=N–C) groups is 1. The van der Waals surface area contributed by atoms with E-state index in [0.29, 0.717) is 11.7 Å². The number of aromatic nitrogens is 4. The van der Waals surface area contributed by atoms with Gasteiger partial charge in [-0.05, 0) is 24.0 Å². The zero-order valence-corrected chi connectivity index (χ0v) is 16.5. The molecule has 9 nitrogen and oxygen atoms in total. The number of hydrogen-bond donors (Lipinski definition) is 3. The number of rotatable bonds is 5. The van der Waals surface area contributed by atoms with Gasteiger partial charge in [0, 0.05) is 25.0 Å². The Morgan fingerprint density at radius 1 is 1.00 bits per heavy atom. The predicted octanol–water partition coefficient (Wildman–Crippen LogP) is 2.18. The summed E-state index contributed by atoms with van der Waals surface area (Å²) in [6, 6.07) is 8.00. The molecule has 0 aliphatic heterocycles. The number of carbonyl (C=O) groups excluding carboxylic acids is 1. The number of carbonyl (C=O) groups is 1. The van der Waals surface area contributed by atoms with Gasteiger partial charge in [-0.15, -0.1) is 0 Å². The molecule has 152 valence electrons. The third kappa shape index (κ3) is 3.57. The number of amidine groups is 1. The van der Waals surface area contributed by atoms with Crippen LogP contribution < -0.4 is 16.8 Å². The van der Waals surface area contributed by atoms with E-state index >= 15 is 0 Å². The van der Waals surface area contributed by atoms with Crippen molar-refractivity contribution in [1.29, 1.82) is 0 Å². The molecule has 1 fully saturated rings. The first kappa shape index (κ1) is 19.4. The number of nitrogens with zero attached hydrogens (tertiary/aromatic N) is 5. The fourth-order valence-corrected chi connectivity index (χ4v) is 3.53. The minimum Gasteiger partial charge on any atom is -0.386 e. The Balaban J connectivity index is 1.58. The van der Waals surface area contributed by atoms with Crippen molar-refractivity contribution in [1.82, 2.24) is 19.9 Å². The molecule has 1 aliphatic carbocycles. The summed E-state index contributed by atoms with van der Waals surface area (Å²) in [6.45, 7) is 0. The van der Waals surface area contributed by atoms with Gasteiger partial charge < -0.3 is 16.8 Å². The first-order chi connectivity index (χ1) is 14.5. The van der Waals surface area contributed by atoms with Gasteiger partial charge in [-0.1, -0.05) is 30.7 Å². The normalized spacial score (nSPS) is 15.3. The molecule has 3 aromatic rings. The highest BCUT2D eigenvalue weighted by Gasteiger charge is 2.42. The van der Waals surface area contributed by atoms with Crippen LogP contribution in [0.25, 0.3) is 11.1 Å². The maximum atomic E-state index is 12.5. The van der Waals surface area contributed by atoms with Gasteiger partial charge in [0.05, 0.1) is 17.8 Å². The van der Waals surface area contributed by atoms with Crippen molar-refractivity contribution in [2.24, 2.45) is 10.7 Å². The van der Waals surface area contributed by atoms with E-state index in [1.807, 2.05) is 24.3 Å². The molecule has 30 heavy (non-hydrogen) atoms. The Morgan fingerprint density at radius 3 is 2.23 bits per heavy atom. The molecule has 2 heterocycles. The van der Waals surface area contributed by atoms with E-state index in [1.54, 1.807) is 19.4 Å². The van der Waals surface area contributed by atoms with Crippen LogP contribution in [-0.4, -0.2) is 38.7 Å². The molecule has 1 saturated carbocycles. The van der Waals surface area contributed by atoms with E-state index in [9.17, 15) is 4.79 Å². The second-order valence-corrected chi connectivity index (χ2v) is 7.18. The van der Waals surface area contributed by atoms with Gasteiger partial charge >= 0.3 is 0 Å². The second kappa shape index (κ2) is 7.86. The molecule has 0 atom stereocenters. The molecule has 0 bridgehead atoms. The smallest absolute Gasteiger partial charge is 0.298 e. The van der Waals surface area contributed by atoms with E-state index in [1.165, 1.54) is 12.4 Å². The van der Waals surface area contributed by atoms with E-state index in [-0.39, 0.29) is 11.6 Å². The zero-order valence-electron chi connectivity index (χ0n) is 16.5. The topological polar surface area (TPSA) is 145 Å². The first-order valence-corrected chi connectivity index (χ1v) is 9.59. The van der Waals surface area contributed by atoms with Gasteiger partial charge in [0.1, 0.15) is 17.3 Å². The average Bonchev–Trinajstić information content (AvgIpc) is 2.74. The van der Waals surface area contributed by atoms with E-state index in [0.717, 1.165) is 36.0 Å². The van der Waals surface area contributed by atoms with Crippen LogP contribution in [0.1, 0.15) is 35.3 Å². The maximum Gasteiger partial charge on any atom is 0.298 e. The Bertz CT molecular complexity index is 1070. The molecule has 0 saturated heterocycles. The lowest BCUT2D eigenvalue weighted by molar-refractivity contribution is 0.0996. The molecule has 5 N–H and O–H groups in total. The Kier molecular flexibility index (Phi) is 5.09. The van der Waals surface area contributed by atoms with Gasteiger partial charge in [-0.25, -0.2) is 19.9 Å². The van der Waals surface area contributed by atoms with Crippen LogP contribution in [0.5, 0.6) is 0 Å². The number of anilines is 2. The van der Waals surface area contributed by atoms with Crippen LogP contribution in [-0.2, 0) is 5.41 Å². The SMILES string of the molecule is CNc1cnc(C(=O)N=C(N)C2(c3ccc(-c4cnc(N)nc4)cc3)CCC2)cn1. The molecular weight excluding hydrogens is 380 g/mol. The van der Waals surface area contributed by atoms with E-state index in [4.69, 9.17) is 11.5 Å². The van der Waals surface area contributed by atoms with Crippen LogP contribution in [0.3, 0.4) is 0 Å². The molecule has 1 aromatic carbocycles. The fraction of sp³-hybridized carbons (Fsp3) is 0.238. The second-order valence-electron chi connectivity index (χ2n) is 7.18. The summed E-state index contributed by atoms with van der Waals surface area (Å²) in [5.74, 6) is 0.625. The van der Waals surface area contributed by atoms with Crippen molar-refractivity contribution in [2.75, 3.05) is 18.1 Å². The van der Waals surface area contributed by atoms with Gasteiger partial charge in [0.25, 0.3) is 5.91 Å². The summed E-state index contributed by atoms with van der Waals surface area (Å²) >= 11 is 0. The third-order valence-electron chi connectivity index (χ3n) is 5.49. The average molecular weight is 402 g/mol. The highest BCUT2D eigenvalue weighted by atomic mass is 16.1. The standard InChI is InChI=1S/C21H22N8O/c1-24-17-12-25-16(11-26-17)18(30)29-19(22)21(7-2-8-21)15-5-3-13(4-6-15)14-9-27-20(23)28-10-14/h3-6,9-12H,2,7-8H2,1H3,(H,24,26)(H2,22,29,30)(H2,23,27,28). The molecule has 4 rings (SSSR count). The maximum absolute atomic E-state index is 12.5. The molecule has 0 unspecified atom stereocenters. The highest BCUT2D eigenvalue weighted by molar-refractivity contribution is 6.05. The summed E-state index contributed by atoms with van der Waals surface area (Å²) < 4.78 is 0. The molecule has 0 radical (unpaired) electrons. The van der Waals surface area contributed by atoms with Crippen LogP contribution in [0.15, 0.2) is 54.0 Å².